The second kappa shape index (κ2) is 17.1. The number of aliphatic hydroxyl groups excluding tert-OH is 1. The third kappa shape index (κ3) is 9.48. The van der Waals surface area contributed by atoms with Gasteiger partial charge in [-0.2, -0.15) is 5.10 Å². The second-order valence-corrected chi connectivity index (χ2v) is 11.6. The first-order valence-electron chi connectivity index (χ1n) is 15.9. The number of rotatable bonds is 17. The first-order chi connectivity index (χ1) is 20.3. The quantitative estimate of drug-likeness (QED) is 0.219. The number of hydrogen-bond donors (Lipinski definition) is 3. The fraction of sp³-hybridized carbons (Fsp3) is 0.667. The monoisotopic (exact) mass is 584 g/mol. The van der Waals surface area contributed by atoms with Crippen LogP contribution in [0.4, 0.5) is 0 Å². The Kier molecular flexibility index (Phi) is 13.6. The van der Waals surface area contributed by atoms with Crippen molar-refractivity contribution in [1.82, 2.24) is 20.4 Å². The van der Waals surface area contributed by atoms with Crippen molar-refractivity contribution in [3.63, 3.8) is 0 Å². The molecule has 0 radical (unpaired) electrons. The molecule has 0 saturated heterocycles. The zero-order valence-electron chi connectivity index (χ0n) is 26.3. The van der Waals surface area contributed by atoms with Crippen LogP contribution in [-0.4, -0.2) is 59.6 Å². The average Bonchev–Trinajstić information content (AvgIpc) is 3.44. The van der Waals surface area contributed by atoms with Crippen LogP contribution in [0.3, 0.4) is 0 Å². The summed E-state index contributed by atoms with van der Waals surface area (Å²) < 4.78 is 13.3. The third-order valence-electron chi connectivity index (χ3n) is 8.70. The zero-order chi connectivity index (χ0) is 30.5. The van der Waals surface area contributed by atoms with E-state index in [1.165, 1.54) is 32.1 Å². The lowest BCUT2D eigenvalue weighted by Gasteiger charge is -2.24. The highest BCUT2D eigenvalue weighted by molar-refractivity contribution is 5.94. The summed E-state index contributed by atoms with van der Waals surface area (Å²) in [5, 5.41) is 20.6. The smallest absolute Gasteiger partial charge is 0.272 e. The number of ether oxygens (including phenoxy) is 2. The largest absolute Gasteiger partial charge is 0.496 e. The number of aliphatic hydroxyl groups is 1. The average molecular weight is 585 g/mol. The number of benzene rings is 1. The predicted molar refractivity (Wildman–Crippen MR) is 166 cm³/mol. The molecule has 1 aliphatic carbocycles. The summed E-state index contributed by atoms with van der Waals surface area (Å²) in [6.45, 7) is 7.07. The molecule has 0 aliphatic heterocycles. The Bertz CT molecular complexity index is 1100. The molecule has 0 bridgehead atoms. The first kappa shape index (κ1) is 33.4. The van der Waals surface area contributed by atoms with Crippen molar-refractivity contribution < 1.29 is 24.2 Å². The fourth-order valence-electron chi connectivity index (χ4n) is 5.83. The number of carbonyl (C=O) groups excluding carboxylic acids is 2. The van der Waals surface area contributed by atoms with Crippen molar-refractivity contribution in [1.29, 1.82) is 0 Å². The van der Waals surface area contributed by atoms with E-state index >= 15 is 0 Å². The maximum absolute atomic E-state index is 13.7. The van der Waals surface area contributed by atoms with Crippen LogP contribution in [-0.2, 0) is 11.3 Å². The van der Waals surface area contributed by atoms with Crippen molar-refractivity contribution in [2.75, 3.05) is 20.8 Å². The lowest BCUT2D eigenvalue weighted by atomic mass is 9.85. The molecule has 9 heteroatoms. The molecule has 42 heavy (non-hydrogen) atoms. The van der Waals surface area contributed by atoms with E-state index < -0.39 is 6.10 Å². The number of nitrogens with one attached hydrogen (secondary N) is 2. The van der Waals surface area contributed by atoms with Crippen LogP contribution in [0.2, 0.25) is 0 Å². The molecule has 2 amide bonds. The molecular weight excluding hydrogens is 532 g/mol. The van der Waals surface area contributed by atoms with Gasteiger partial charge < -0.3 is 25.2 Å². The fourth-order valence-corrected chi connectivity index (χ4v) is 5.83. The SMILES string of the molecule is CCC(O)CNC(=O)C[C@H](CCC1CCCCC1)NC(=O)c1cc(-c2c(OC)cccc2OC)n(CC(CC)CC)n1. The van der Waals surface area contributed by atoms with Crippen molar-refractivity contribution in [3.05, 3.63) is 30.0 Å². The normalized spacial score (nSPS) is 15.3. The Hall–Kier alpha value is -3.07. The van der Waals surface area contributed by atoms with Crippen LogP contribution in [0.15, 0.2) is 24.3 Å². The van der Waals surface area contributed by atoms with Gasteiger partial charge in [0.25, 0.3) is 5.91 Å². The highest BCUT2D eigenvalue weighted by Gasteiger charge is 2.25. The Balaban J connectivity index is 1.87. The summed E-state index contributed by atoms with van der Waals surface area (Å²) in [7, 11) is 3.24. The van der Waals surface area contributed by atoms with Gasteiger partial charge in [-0.15, -0.1) is 0 Å². The predicted octanol–water partition coefficient (Wildman–Crippen LogP) is 5.74. The number of nitrogens with zero attached hydrogens (tertiary/aromatic N) is 2. The maximum Gasteiger partial charge on any atom is 0.272 e. The van der Waals surface area contributed by atoms with E-state index in [1.807, 2.05) is 29.8 Å². The van der Waals surface area contributed by atoms with E-state index in [0.717, 1.165) is 36.9 Å². The van der Waals surface area contributed by atoms with Crippen molar-refractivity contribution >= 4 is 11.8 Å². The molecule has 1 aromatic heterocycles. The number of amides is 2. The Morgan fingerprint density at radius 3 is 2.31 bits per heavy atom. The molecule has 3 rings (SSSR count). The molecule has 1 unspecified atom stereocenters. The van der Waals surface area contributed by atoms with Crippen LogP contribution in [0, 0.1) is 11.8 Å². The summed E-state index contributed by atoms with van der Waals surface area (Å²) in [4.78, 5) is 26.5. The van der Waals surface area contributed by atoms with E-state index in [-0.39, 0.29) is 30.8 Å². The van der Waals surface area contributed by atoms with Crippen molar-refractivity contribution in [2.24, 2.45) is 11.8 Å². The van der Waals surface area contributed by atoms with Crippen LogP contribution in [0.5, 0.6) is 11.5 Å². The Morgan fingerprint density at radius 1 is 1.05 bits per heavy atom. The summed E-state index contributed by atoms with van der Waals surface area (Å²) in [5.41, 5.74) is 1.81. The number of aromatic nitrogens is 2. The molecule has 234 valence electrons. The minimum absolute atomic E-state index is 0.163. The Labute approximate surface area is 251 Å². The molecule has 9 nitrogen and oxygen atoms in total. The highest BCUT2D eigenvalue weighted by atomic mass is 16.5. The molecule has 1 aromatic carbocycles. The Morgan fingerprint density at radius 2 is 1.71 bits per heavy atom. The van der Waals surface area contributed by atoms with Gasteiger partial charge in [0.05, 0.1) is 31.6 Å². The number of methoxy groups -OCH3 is 2. The van der Waals surface area contributed by atoms with E-state index in [0.29, 0.717) is 42.0 Å². The summed E-state index contributed by atoms with van der Waals surface area (Å²) in [6, 6.07) is 7.10. The standard InChI is InChI=1S/C33H52N4O5/c1-6-23(7-2)22-37-28(32-29(41-4)15-12-16-30(32)42-5)20-27(36-37)33(40)35-25(18-17-24-13-10-9-11-14-24)19-31(39)34-21-26(38)8-3/h12,15-16,20,23-26,38H,6-11,13-14,17-19,21-22H2,1-5H3,(H,34,39)(H,35,40)/t25-,26?/m0/s1. The molecule has 2 aromatic rings. The minimum atomic E-state index is -0.575. The molecule has 0 spiro atoms. The van der Waals surface area contributed by atoms with Gasteiger partial charge in [-0.25, -0.2) is 0 Å². The van der Waals surface area contributed by atoms with Gasteiger partial charge in [0.1, 0.15) is 11.5 Å². The van der Waals surface area contributed by atoms with Gasteiger partial charge in [0, 0.05) is 25.6 Å². The third-order valence-corrected chi connectivity index (χ3v) is 8.70. The molecule has 1 saturated carbocycles. The molecule has 2 atom stereocenters. The lowest BCUT2D eigenvalue weighted by Crippen LogP contribution is -2.41. The van der Waals surface area contributed by atoms with Crippen LogP contribution >= 0.6 is 0 Å². The minimum Gasteiger partial charge on any atom is -0.496 e. The maximum atomic E-state index is 13.7. The molecule has 1 heterocycles. The van der Waals surface area contributed by atoms with E-state index in [9.17, 15) is 14.7 Å². The molecule has 1 aliphatic rings. The highest BCUT2D eigenvalue weighted by Crippen LogP contribution is 2.39. The first-order valence-corrected chi connectivity index (χ1v) is 15.9. The van der Waals surface area contributed by atoms with Gasteiger partial charge in [-0.1, -0.05) is 71.8 Å². The van der Waals surface area contributed by atoms with Gasteiger partial charge in [0.2, 0.25) is 5.91 Å². The van der Waals surface area contributed by atoms with E-state index in [1.54, 1.807) is 20.3 Å². The molecule has 3 N–H and O–H groups in total. The lowest BCUT2D eigenvalue weighted by molar-refractivity contribution is -0.122. The number of hydrogen-bond acceptors (Lipinski definition) is 6. The van der Waals surface area contributed by atoms with Crippen molar-refractivity contribution in [2.45, 2.75) is 110 Å². The zero-order valence-corrected chi connectivity index (χ0v) is 26.3. The van der Waals surface area contributed by atoms with Crippen molar-refractivity contribution in [3.8, 4) is 22.8 Å². The van der Waals surface area contributed by atoms with E-state index in [4.69, 9.17) is 14.6 Å². The summed E-state index contributed by atoms with van der Waals surface area (Å²) >= 11 is 0. The molecular formula is C33H52N4O5. The topological polar surface area (TPSA) is 115 Å². The van der Waals surface area contributed by atoms with Crippen LogP contribution in [0.1, 0.15) is 102 Å². The second-order valence-electron chi connectivity index (χ2n) is 11.6. The molecule has 1 fully saturated rings. The summed E-state index contributed by atoms with van der Waals surface area (Å²) in [6.07, 6.45) is 10.0. The van der Waals surface area contributed by atoms with Crippen LogP contribution in [0.25, 0.3) is 11.3 Å². The van der Waals surface area contributed by atoms with Crippen LogP contribution < -0.4 is 20.1 Å². The summed E-state index contributed by atoms with van der Waals surface area (Å²) in [5.74, 6) is 1.84. The van der Waals surface area contributed by atoms with E-state index in [2.05, 4.69) is 24.5 Å². The van der Waals surface area contributed by atoms with Gasteiger partial charge in [-0.3, -0.25) is 14.3 Å². The number of carbonyl (C=O) groups is 2. The van der Waals surface area contributed by atoms with Gasteiger partial charge in [-0.05, 0) is 49.3 Å². The van der Waals surface area contributed by atoms with Gasteiger partial charge >= 0.3 is 0 Å². The van der Waals surface area contributed by atoms with Gasteiger partial charge in [0.15, 0.2) is 5.69 Å².